The molecular weight excluding hydrogens is 310 g/mol. The number of carbonyl (C=O) groups excluding carboxylic acids is 2. The van der Waals surface area contributed by atoms with Crippen LogP contribution in [-0.2, 0) is 9.53 Å². The molecule has 0 bridgehead atoms. The van der Waals surface area contributed by atoms with Crippen LogP contribution in [0.15, 0.2) is 36.4 Å². The zero-order valence-electron chi connectivity index (χ0n) is 11.7. The van der Waals surface area contributed by atoms with E-state index in [1.807, 2.05) is 0 Å². The summed E-state index contributed by atoms with van der Waals surface area (Å²) in [5.74, 6) is -3.55. The van der Waals surface area contributed by atoms with Crippen LogP contribution in [0.3, 0.4) is 0 Å². The summed E-state index contributed by atoms with van der Waals surface area (Å²) in [6.45, 7) is -0.732. The highest BCUT2D eigenvalue weighted by Gasteiger charge is 2.15. The van der Waals surface area contributed by atoms with E-state index in [2.05, 4.69) is 5.32 Å². The van der Waals surface area contributed by atoms with Gasteiger partial charge in [-0.1, -0.05) is 0 Å². The molecule has 120 valence electrons. The van der Waals surface area contributed by atoms with Gasteiger partial charge in [-0.05, 0) is 30.3 Å². The van der Waals surface area contributed by atoms with Crippen molar-refractivity contribution in [2.24, 2.45) is 0 Å². The van der Waals surface area contributed by atoms with Crippen LogP contribution in [-0.4, -0.2) is 23.6 Å². The van der Waals surface area contributed by atoms with Crippen molar-refractivity contribution in [3.05, 3.63) is 53.6 Å². The zero-order chi connectivity index (χ0) is 17.0. The largest absolute Gasteiger partial charge is 0.508 e. The van der Waals surface area contributed by atoms with Crippen molar-refractivity contribution in [1.29, 1.82) is 0 Å². The number of halogens is 2. The molecule has 0 radical (unpaired) electrons. The standard InChI is InChI=1S/C15H12F2N2O4/c16-8-1-3-11(17)13(5-8)19-14(21)7-23-15(22)10-6-9(20)2-4-12(10)18/h1-6,20H,7,18H2,(H,19,21). The van der Waals surface area contributed by atoms with E-state index in [1.54, 1.807) is 0 Å². The first kappa shape index (κ1) is 16.2. The molecule has 0 aromatic heterocycles. The van der Waals surface area contributed by atoms with Crippen molar-refractivity contribution in [2.45, 2.75) is 0 Å². The van der Waals surface area contributed by atoms with E-state index >= 15 is 0 Å². The van der Waals surface area contributed by atoms with E-state index in [0.29, 0.717) is 0 Å². The van der Waals surface area contributed by atoms with Gasteiger partial charge in [-0.25, -0.2) is 13.6 Å². The smallest absolute Gasteiger partial charge is 0.340 e. The molecule has 0 fully saturated rings. The van der Waals surface area contributed by atoms with E-state index in [-0.39, 0.29) is 22.7 Å². The maximum Gasteiger partial charge on any atom is 0.340 e. The van der Waals surface area contributed by atoms with Gasteiger partial charge in [0.25, 0.3) is 5.91 Å². The van der Waals surface area contributed by atoms with Crippen LogP contribution < -0.4 is 11.1 Å². The number of hydrogen-bond donors (Lipinski definition) is 3. The van der Waals surface area contributed by atoms with Gasteiger partial charge in [0, 0.05) is 11.8 Å². The first-order valence-corrected chi connectivity index (χ1v) is 6.37. The fourth-order valence-corrected chi connectivity index (χ4v) is 1.71. The zero-order valence-corrected chi connectivity index (χ0v) is 11.7. The SMILES string of the molecule is Nc1ccc(O)cc1C(=O)OCC(=O)Nc1cc(F)ccc1F. The Morgan fingerprint density at radius 2 is 1.91 bits per heavy atom. The van der Waals surface area contributed by atoms with Crippen LogP contribution in [0.25, 0.3) is 0 Å². The van der Waals surface area contributed by atoms with E-state index in [1.165, 1.54) is 12.1 Å². The van der Waals surface area contributed by atoms with Crippen LogP contribution in [0, 0.1) is 11.6 Å². The Hall–Kier alpha value is -3.16. The number of nitrogen functional groups attached to an aromatic ring is 1. The molecule has 0 heterocycles. The number of phenolic OH excluding ortho intramolecular Hbond substituents is 1. The Morgan fingerprint density at radius 3 is 2.65 bits per heavy atom. The van der Waals surface area contributed by atoms with Crippen molar-refractivity contribution in [3.63, 3.8) is 0 Å². The molecule has 2 aromatic carbocycles. The number of hydrogen-bond acceptors (Lipinski definition) is 5. The quantitative estimate of drug-likeness (QED) is 0.454. The summed E-state index contributed by atoms with van der Waals surface area (Å²) in [5, 5.41) is 11.4. The number of anilines is 2. The number of aromatic hydroxyl groups is 1. The van der Waals surface area contributed by atoms with Gasteiger partial charge in [-0.3, -0.25) is 4.79 Å². The molecule has 6 nitrogen and oxygen atoms in total. The van der Waals surface area contributed by atoms with Gasteiger partial charge in [0.15, 0.2) is 6.61 Å². The third-order valence-electron chi connectivity index (χ3n) is 2.79. The van der Waals surface area contributed by atoms with Crippen LogP contribution in [0.5, 0.6) is 5.75 Å². The molecule has 0 atom stereocenters. The number of nitrogens with one attached hydrogen (secondary N) is 1. The van der Waals surface area contributed by atoms with Gasteiger partial charge in [0.05, 0.1) is 11.3 Å². The molecule has 0 aliphatic heterocycles. The van der Waals surface area contributed by atoms with E-state index in [0.717, 1.165) is 24.3 Å². The van der Waals surface area contributed by atoms with Crippen molar-refractivity contribution in [3.8, 4) is 5.75 Å². The Bertz CT molecular complexity index is 765. The molecule has 2 rings (SSSR count). The van der Waals surface area contributed by atoms with E-state index in [9.17, 15) is 23.5 Å². The molecule has 0 aliphatic rings. The van der Waals surface area contributed by atoms with Gasteiger partial charge in [-0.2, -0.15) is 0 Å². The second-order valence-corrected chi connectivity index (χ2v) is 4.52. The predicted molar refractivity (Wildman–Crippen MR) is 77.8 cm³/mol. The summed E-state index contributed by atoms with van der Waals surface area (Å²) in [6.07, 6.45) is 0. The number of benzene rings is 2. The second-order valence-electron chi connectivity index (χ2n) is 4.52. The topological polar surface area (TPSA) is 102 Å². The van der Waals surface area contributed by atoms with Gasteiger partial charge in [-0.15, -0.1) is 0 Å². The highest BCUT2D eigenvalue weighted by molar-refractivity contribution is 5.98. The molecule has 0 saturated heterocycles. The van der Waals surface area contributed by atoms with Gasteiger partial charge in [0.2, 0.25) is 0 Å². The molecule has 4 N–H and O–H groups in total. The Labute approximate surface area is 129 Å². The minimum Gasteiger partial charge on any atom is -0.508 e. The number of phenols is 1. The number of carbonyl (C=O) groups is 2. The van der Waals surface area contributed by atoms with Crippen LogP contribution in [0.2, 0.25) is 0 Å². The summed E-state index contributed by atoms with van der Waals surface area (Å²) in [4.78, 5) is 23.4. The molecule has 0 aliphatic carbocycles. The molecule has 1 amide bonds. The lowest BCUT2D eigenvalue weighted by Gasteiger charge is -2.09. The van der Waals surface area contributed by atoms with E-state index in [4.69, 9.17) is 10.5 Å². The maximum absolute atomic E-state index is 13.4. The Kier molecular flexibility index (Phi) is 4.75. The minimum atomic E-state index is -0.937. The summed E-state index contributed by atoms with van der Waals surface area (Å²) < 4.78 is 31.0. The third-order valence-corrected chi connectivity index (χ3v) is 2.79. The minimum absolute atomic E-state index is 0.0596. The predicted octanol–water partition coefficient (Wildman–Crippen LogP) is 2.05. The number of ether oxygens (including phenoxy) is 1. The molecular formula is C15H12F2N2O4. The summed E-state index contributed by atoms with van der Waals surface area (Å²) in [5.41, 5.74) is 5.12. The Morgan fingerprint density at radius 1 is 1.17 bits per heavy atom. The molecule has 0 spiro atoms. The fourth-order valence-electron chi connectivity index (χ4n) is 1.71. The molecule has 23 heavy (non-hydrogen) atoms. The lowest BCUT2D eigenvalue weighted by Crippen LogP contribution is -2.22. The number of amides is 1. The normalized spacial score (nSPS) is 10.2. The highest BCUT2D eigenvalue weighted by Crippen LogP contribution is 2.19. The Balaban J connectivity index is 1.97. The second kappa shape index (κ2) is 6.73. The summed E-state index contributed by atoms with van der Waals surface area (Å²) in [6, 6.07) is 6.21. The molecule has 8 heteroatoms. The fraction of sp³-hybridized carbons (Fsp3) is 0.0667. The first-order valence-electron chi connectivity index (χ1n) is 6.37. The first-order chi connectivity index (χ1) is 10.9. The van der Waals surface area contributed by atoms with Crippen molar-refractivity contribution in [2.75, 3.05) is 17.7 Å². The third kappa shape index (κ3) is 4.16. The molecule has 2 aromatic rings. The van der Waals surface area contributed by atoms with E-state index < -0.39 is 30.1 Å². The van der Waals surface area contributed by atoms with Crippen LogP contribution >= 0.6 is 0 Å². The number of esters is 1. The van der Waals surface area contributed by atoms with Gasteiger partial charge < -0.3 is 20.9 Å². The van der Waals surface area contributed by atoms with Crippen molar-refractivity contribution >= 4 is 23.3 Å². The van der Waals surface area contributed by atoms with Crippen LogP contribution in [0.4, 0.5) is 20.2 Å². The summed E-state index contributed by atoms with van der Waals surface area (Å²) >= 11 is 0. The lowest BCUT2D eigenvalue weighted by molar-refractivity contribution is -0.119. The monoisotopic (exact) mass is 322 g/mol. The van der Waals surface area contributed by atoms with Gasteiger partial charge in [0.1, 0.15) is 17.4 Å². The number of nitrogens with two attached hydrogens (primary N) is 1. The van der Waals surface area contributed by atoms with Gasteiger partial charge >= 0.3 is 5.97 Å². The summed E-state index contributed by atoms with van der Waals surface area (Å²) in [7, 11) is 0. The lowest BCUT2D eigenvalue weighted by atomic mass is 10.2. The molecule has 0 unspecified atom stereocenters. The molecule has 0 saturated carbocycles. The van der Waals surface area contributed by atoms with Crippen molar-refractivity contribution in [1.82, 2.24) is 0 Å². The van der Waals surface area contributed by atoms with Crippen LogP contribution in [0.1, 0.15) is 10.4 Å². The average molecular weight is 322 g/mol. The average Bonchev–Trinajstić information content (AvgIpc) is 2.51. The maximum atomic E-state index is 13.4. The number of rotatable bonds is 4. The van der Waals surface area contributed by atoms with Crippen molar-refractivity contribution < 1.29 is 28.2 Å². The highest BCUT2D eigenvalue weighted by atomic mass is 19.1.